The van der Waals surface area contributed by atoms with Crippen molar-refractivity contribution >= 4 is 14.1 Å². The third kappa shape index (κ3) is 16.7. The standard InChI is InChI=1S/C20H43NO2Si/c1-21(2)18-14-13-17-20(22)16-12-10-8-6-7-9-11-15-19-24(4,5)23-3/h6-19H2,1-5H3. The minimum atomic E-state index is -1.33. The van der Waals surface area contributed by atoms with Gasteiger partial charge in [0.2, 0.25) is 0 Å². The molecule has 4 heteroatoms. The first-order valence-electron chi connectivity index (χ1n) is 10.1. The number of hydrogen-bond donors (Lipinski definition) is 0. The topological polar surface area (TPSA) is 29.5 Å². The van der Waals surface area contributed by atoms with Gasteiger partial charge in [0.1, 0.15) is 5.78 Å². The van der Waals surface area contributed by atoms with E-state index in [1.54, 1.807) is 0 Å². The Labute approximate surface area is 152 Å². The number of nitrogens with zero attached hydrogens (tertiary/aromatic N) is 1. The van der Waals surface area contributed by atoms with Crippen molar-refractivity contribution in [2.24, 2.45) is 0 Å². The molecule has 144 valence electrons. The normalized spacial score (nSPS) is 12.1. The minimum Gasteiger partial charge on any atom is -0.420 e. The first-order chi connectivity index (χ1) is 11.4. The van der Waals surface area contributed by atoms with E-state index in [1.165, 1.54) is 51.0 Å². The number of rotatable bonds is 17. The summed E-state index contributed by atoms with van der Waals surface area (Å²) in [7, 11) is 4.71. The molecule has 0 N–H and O–H groups in total. The van der Waals surface area contributed by atoms with Crippen LogP contribution in [0.1, 0.15) is 77.0 Å². The molecule has 0 radical (unpaired) electrons. The summed E-state index contributed by atoms with van der Waals surface area (Å²) in [4.78, 5) is 14.0. The fourth-order valence-corrected chi connectivity index (χ4v) is 4.22. The van der Waals surface area contributed by atoms with Crippen molar-refractivity contribution < 1.29 is 9.22 Å². The van der Waals surface area contributed by atoms with Gasteiger partial charge in [-0.15, -0.1) is 0 Å². The van der Waals surface area contributed by atoms with Crippen LogP contribution in [0.4, 0.5) is 0 Å². The number of ketones is 1. The Morgan fingerprint density at radius 3 is 1.75 bits per heavy atom. The third-order valence-electron chi connectivity index (χ3n) is 4.85. The maximum Gasteiger partial charge on any atom is 0.186 e. The van der Waals surface area contributed by atoms with Crippen LogP contribution >= 0.6 is 0 Å². The second-order valence-corrected chi connectivity index (χ2v) is 12.5. The molecule has 0 saturated carbocycles. The molecule has 0 heterocycles. The second kappa shape index (κ2) is 15.1. The van der Waals surface area contributed by atoms with E-state index in [1.807, 2.05) is 7.11 Å². The highest BCUT2D eigenvalue weighted by Gasteiger charge is 2.19. The van der Waals surface area contributed by atoms with Crippen LogP contribution in [0.25, 0.3) is 0 Å². The fourth-order valence-electron chi connectivity index (χ4n) is 2.91. The maximum absolute atomic E-state index is 11.8. The summed E-state index contributed by atoms with van der Waals surface area (Å²) in [5.74, 6) is 0.471. The van der Waals surface area contributed by atoms with Crippen molar-refractivity contribution in [3.05, 3.63) is 0 Å². The predicted octanol–water partition coefficient (Wildman–Crippen LogP) is 5.65. The van der Waals surface area contributed by atoms with Gasteiger partial charge in [-0.25, -0.2) is 0 Å². The molecule has 0 bridgehead atoms. The summed E-state index contributed by atoms with van der Waals surface area (Å²) >= 11 is 0. The molecule has 0 aromatic carbocycles. The molecule has 0 rings (SSSR count). The largest absolute Gasteiger partial charge is 0.420 e. The smallest absolute Gasteiger partial charge is 0.186 e. The summed E-state index contributed by atoms with van der Waals surface area (Å²) in [5, 5.41) is 0. The molecule has 0 aliphatic heterocycles. The Bertz CT molecular complexity index is 306. The Morgan fingerprint density at radius 1 is 0.792 bits per heavy atom. The Kier molecular flexibility index (Phi) is 15.0. The minimum absolute atomic E-state index is 0.471. The van der Waals surface area contributed by atoms with E-state index >= 15 is 0 Å². The number of carbonyl (C=O) groups is 1. The molecule has 0 spiro atoms. The molecule has 3 nitrogen and oxygen atoms in total. The average Bonchev–Trinajstić information content (AvgIpc) is 2.53. The van der Waals surface area contributed by atoms with E-state index in [4.69, 9.17) is 4.43 Å². The van der Waals surface area contributed by atoms with Gasteiger partial charge >= 0.3 is 0 Å². The predicted molar refractivity (Wildman–Crippen MR) is 108 cm³/mol. The molecule has 0 aromatic heterocycles. The molecule has 0 atom stereocenters. The molecular weight excluding hydrogens is 314 g/mol. The van der Waals surface area contributed by atoms with Crippen molar-refractivity contribution in [2.45, 2.75) is 96.2 Å². The molecule has 0 aliphatic carbocycles. The Morgan fingerprint density at radius 2 is 1.25 bits per heavy atom. The van der Waals surface area contributed by atoms with Gasteiger partial charge in [-0.2, -0.15) is 0 Å². The van der Waals surface area contributed by atoms with Gasteiger partial charge in [-0.1, -0.05) is 44.9 Å². The molecule has 0 amide bonds. The van der Waals surface area contributed by atoms with E-state index in [0.29, 0.717) is 5.78 Å². The molecule has 0 aromatic rings. The SMILES string of the molecule is CO[Si](C)(C)CCCCCCCCCCC(=O)CCCCN(C)C. The molecule has 0 aliphatic rings. The monoisotopic (exact) mass is 357 g/mol. The van der Waals surface area contributed by atoms with Crippen LogP contribution in [0, 0.1) is 0 Å². The Balaban J connectivity index is 3.26. The van der Waals surface area contributed by atoms with Crippen LogP contribution < -0.4 is 0 Å². The number of carbonyl (C=O) groups excluding carboxylic acids is 1. The summed E-state index contributed by atoms with van der Waals surface area (Å²) in [6.07, 6.45) is 14.1. The van der Waals surface area contributed by atoms with E-state index in [-0.39, 0.29) is 0 Å². The van der Waals surface area contributed by atoms with Crippen LogP contribution in [-0.4, -0.2) is 46.8 Å². The van der Waals surface area contributed by atoms with Gasteiger partial charge in [0.05, 0.1) is 0 Å². The second-order valence-electron chi connectivity index (χ2n) is 8.09. The lowest BCUT2D eigenvalue weighted by atomic mass is 10.0. The molecule has 0 unspecified atom stereocenters. The maximum atomic E-state index is 11.8. The van der Waals surface area contributed by atoms with Crippen molar-refractivity contribution in [1.82, 2.24) is 4.90 Å². The van der Waals surface area contributed by atoms with Crippen molar-refractivity contribution in [3.8, 4) is 0 Å². The average molecular weight is 358 g/mol. The fraction of sp³-hybridized carbons (Fsp3) is 0.950. The molecule has 24 heavy (non-hydrogen) atoms. The van der Waals surface area contributed by atoms with Gasteiger partial charge in [-0.3, -0.25) is 4.79 Å². The molecule has 0 fully saturated rings. The van der Waals surface area contributed by atoms with Crippen molar-refractivity contribution in [1.29, 1.82) is 0 Å². The van der Waals surface area contributed by atoms with Gasteiger partial charge in [0, 0.05) is 20.0 Å². The number of Topliss-reactive ketones (excluding diaryl/α,β-unsaturated/α-hetero) is 1. The highest BCUT2D eigenvalue weighted by Crippen LogP contribution is 2.17. The zero-order chi connectivity index (χ0) is 18.3. The zero-order valence-electron chi connectivity index (χ0n) is 17.2. The highest BCUT2D eigenvalue weighted by molar-refractivity contribution is 6.71. The summed E-state index contributed by atoms with van der Waals surface area (Å²) in [6.45, 7) is 5.70. The lowest BCUT2D eigenvalue weighted by Crippen LogP contribution is -2.27. The van der Waals surface area contributed by atoms with Gasteiger partial charge in [0.15, 0.2) is 8.32 Å². The summed E-state index contributed by atoms with van der Waals surface area (Å²) < 4.78 is 5.58. The Hall–Kier alpha value is -0.193. The van der Waals surface area contributed by atoms with Crippen LogP contribution in [0.2, 0.25) is 19.1 Å². The van der Waals surface area contributed by atoms with E-state index in [9.17, 15) is 4.79 Å². The highest BCUT2D eigenvalue weighted by atomic mass is 28.4. The zero-order valence-corrected chi connectivity index (χ0v) is 18.2. The first-order valence-corrected chi connectivity index (χ1v) is 13.2. The van der Waals surface area contributed by atoms with Gasteiger partial charge in [-0.05, 0) is 59.0 Å². The first kappa shape index (κ1) is 23.8. The van der Waals surface area contributed by atoms with E-state index in [2.05, 4.69) is 32.1 Å². The van der Waals surface area contributed by atoms with E-state index in [0.717, 1.165) is 38.6 Å². The van der Waals surface area contributed by atoms with Gasteiger partial charge in [0.25, 0.3) is 0 Å². The summed E-state index contributed by atoms with van der Waals surface area (Å²) in [5.41, 5.74) is 0. The van der Waals surface area contributed by atoms with Crippen LogP contribution in [0.15, 0.2) is 0 Å². The van der Waals surface area contributed by atoms with Crippen molar-refractivity contribution in [3.63, 3.8) is 0 Å². The molecule has 0 saturated heterocycles. The lowest BCUT2D eigenvalue weighted by Gasteiger charge is -2.19. The van der Waals surface area contributed by atoms with Crippen LogP contribution in [0.5, 0.6) is 0 Å². The summed E-state index contributed by atoms with van der Waals surface area (Å²) in [6, 6.07) is 1.29. The number of hydrogen-bond acceptors (Lipinski definition) is 3. The van der Waals surface area contributed by atoms with Crippen LogP contribution in [0.3, 0.4) is 0 Å². The van der Waals surface area contributed by atoms with Crippen molar-refractivity contribution in [2.75, 3.05) is 27.7 Å². The lowest BCUT2D eigenvalue weighted by molar-refractivity contribution is -0.119. The number of unbranched alkanes of at least 4 members (excludes halogenated alkanes) is 8. The van der Waals surface area contributed by atoms with Crippen LogP contribution in [-0.2, 0) is 9.22 Å². The third-order valence-corrected chi connectivity index (χ3v) is 7.51. The van der Waals surface area contributed by atoms with Gasteiger partial charge < -0.3 is 9.33 Å². The van der Waals surface area contributed by atoms with E-state index < -0.39 is 8.32 Å². The quantitative estimate of drug-likeness (QED) is 0.249. The molecular formula is C20H43NO2Si.